The fourth-order valence-electron chi connectivity index (χ4n) is 3.67. The number of rotatable bonds is 8. The van der Waals surface area contributed by atoms with Gasteiger partial charge in [0.2, 0.25) is 0 Å². The SMILES string of the molecule is CC1=C(C=CC(CO)CO)C(C)(CO[C@@H]2O[C@H](CO)[C@@H](O)[C@H](O)[C@H]2O)CCC1=O. The van der Waals surface area contributed by atoms with E-state index >= 15 is 0 Å². The first-order valence-corrected chi connectivity index (χ1v) is 9.75. The van der Waals surface area contributed by atoms with E-state index in [9.17, 15) is 35.4 Å². The van der Waals surface area contributed by atoms with Gasteiger partial charge < -0.3 is 40.1 Å². The van der Waals surface area contributed by atoms with Crippen LogP contribution < -0.4 is 0 Å². The molecule has 6 atom stereocenters. The lowest BCUT2D eigenvalue weighted by atomic mass is 9.71. The Balaban J connectivity index is 2.19. The number of hydrogen-bond acceptors (Lipinski definition) is 9. The molecule has 2 rings (SSSR count). The number of ether oxygens (including phenoxy) is 2. The summed E-state index contributed by atoms with van der Waals surface area (Å²) in [5.74, 6) is -0.456. The Hall–Kier alpha value is -1.17. The van der Waals surface area contributed by atoms with Crippen LogP contribution in [-0.2, 0) is 14.3 Å². The molecular formula is C20H32O9. The van der Waals surface area contributed by atoms with Gasteiger partial charge in [0.05, 0.1) is 26.4 Å². The Bertz CT molecular complexity index is 625. The first-order valence-electron chi connectivity index (χ1n) is 9.75. The summed E-state index contributed by atoms with van der Waals surface area (Å²) < 4.78 is 11.1. The summed E-state index contributed by atoms with van der Waals surface area (Å²) in [5.41, 5.74) is 0.634. The van der Waals surface area contributed by atoms with Gasteiger partial charge >= 0.3 is 0 Å². The van der Waals surface area contributed by atoms with Crippen molar-refractivity contribution in [3.8, 4) is 0 Å². The summed E-state index contributed by atoms with van der Waals surface area (Å²) in [5, 5.41) is 57.8. The van der Waals surface area contributed by atoms with Crippen molar-refractivity contribution in [2.45, 2.75) is 57.4 Å². The summed E-state index contributed by atoms with van der Waals surface area (Å²) in [6.07, 6.45) is -2.67. The van der Waals surface area contributed by atoms with Gasteiger partial charge in [0, 0.05) is 17.8 Å². The van der Waals surface area contributed by atoms with Gasteiger partial charge in [0.1, 0.15) is 24.4 Å². The summed E-state index contributed by atoms with van der Waals surface area (Å²) in [7, 11) is 0. The lowest BCUT2D eigenvalue weighted by molar-refractivity contribution is -0.305. The molecule has 0 radical (unpaired) electrons. The zero-order valence-corrected chi connectivity index (χ0v) is 16.8. The van der Waals surface area contributed by atoms with Crippen molar-refractivity contribution in [1.82, 2.24) is 0 Å². The van der Waals surface area contributed by atoms with Crippen molar-refractivity contribution in [2.24, 2.45) is 11.3 Å². The molecule has 0 bridgehead atoms. The van der Waals surface area contributed by atoms with Crippen LogP contribution >= 0.6 is 0 Å². The average molecular weight is 416 g/mol. The molecule has 9 nitrogen and oxygen atoms in total. The number of Topliss-reactive ketones (excluding diaryl/α,β-unsaturated/α-hetero) is 1. The molecule has 9 heteroatoms. The molecule has 0 aromatic carbocycles. The van der Waals surface area contributed by atoms with Gasteiger partial charge in [-0.1, -0.05) is 19.1 Å². The highest BCUT2D eigenvalue weighted by atomic mass is 16.7. The van der Waals surface area contributed by atoms with Crippen molar-refractivity contribution in [3.05, 3.63) is 23.3 Å². The minimum absolute atomic E-state index is 0.000452. The van der Waals surface area contributed by atoms with Crippen molar-refractivity contribution < 1.29 is 44.9 Å². The molecule has 0 amide bonds. The molecular weight excluding hydrogens is 384 g/mol. The number of carbonyl (C=O) groups excluding carboxylic acids is 1. The third-order valence-corrected chi connectivity index (χ3v) is 5.80. The van der Waals surface area contributed by atoms with Crippen LogP contribution in [0.25, 0.3) is 0 Å². The van der Waals surface area contributed by atoms with E-state index in [1.807, 2.05) is 6.92 Å². The van der Waals surface area contributed by atoms with Crippen LogP contribution in [0.3, 0.4) is 0 Å². The second-order valence-electron chi connectivity index (χ2n) is 8.02. The predicted molar refractivity (Wildman–Crippen MR) is 102 cm³/mol. The largest absolute Gasteiger partial charge is 0.396 e. The highest BCUT2D eigenvalue weighted by Gasteiger charge is 2.45. The van der Waals surface area contributed by atoms with Crippen LogP contribution in [0.2, 0.25) is 0 Å². The monoisotopic (exact) mass is 416 g/mol. The minimum atomic E-state index is -1.53. The second kappa shape index (κ2) is 10.2. The summed E-state index contributed by atoms with van der Waals surface area (Å²) in [6, 6.07) is 0. The van der Waals surface area contributed by atoms with E-state index in [2.05, 4.69) is 0 Å². The predicted octanol–water partition coefficient (Wildman–Crippen LogP) is -1.35. The van der Waals surface area contributed by atoms with Gasteiger partial charge in [-0.3, -0.25) is 4.79 Å². The number of hydrogen-bond donors (Lipinski definition) is 6. The zero-order valence-electron chi connectivity index (χ0n) is 16.8. The van der Waals surface area contributed by atoms with Crippen LogP contribution in [0.1, 0.15) is 26.7 Å². The van der Waals surface area contributed by atoms with E-state index in [0.29, 0.717) is 24.0 Å². The fraction of sp³-hybridized carbons (Fsp3) is 0.750. The van der Waals surface area contributed by atoms with E-state index in [4.69, 9.17) is 9.47 Å². The standard InChI is InChI=1S/C20H32O9/c1-11-13(4-3-12(7-21)8-22)20(2,6-5-14(11)24)10-28-19-18(27)17(26)16(25)15(9-23)29-19/h3-4,12,15-19,21-23,25-27H,5-10H2,1-2H3/t15-,16-,17+,18-,19-,20?/m1/s1. The number of carbonyl (C=O) groups is 1. The topological polar surface area (TPSA) is 157 Å². The van der Waals surface area contributed by atoms with E-state index in [-0.39, 0.29) is 25.6 Å². The maximum atomic E-state index is 12.2. The maximum Gasteiger partial charge on any atom is 0.186 e. The van der Waals surface area contributed by atoms with Gasteiger partial charge in [-0.2, -0.15) is 0 Å². The van der Waals surface area contributed by atoms with Crippen LogP contribution in [0.15, 0.2) is 23.3 Å². The lowest BCUT2D eigenvalue weighted by Gasteiger charge is -2.42. The van der Waals surface area contributed by atoms with E-state index in [1.54, 1.807) is 19.1 Å². The normalized spacial score (nSPS) is 36.4. The molecule has 1 unspecified atom stereocenters. The number of ketones is 1. The zero-order chi connectivity index (χ0) is 21.8. The molecule has 29 heavy (non-hydrogen) atoms. The van der Waals surface area contributed by atoms with Crippen LogP contribution in [-0.4, -0.2) is 93.6 Å². The van der Waals surface area contributed by atoms with Crippen LogP contribution in [0.4, 0.5) is 0 Å². The molecule has 166 valence electrons. The second-order valence-corrected chi connectivity index (χ2v) is 8.02. The third-order valence-electron chi connectivity index (χ3n) is 5.80. The molecule has 0 aromatic heterocycles. The summed E-state index contributed by atoms with van der Waals surface area (Å²) in [6.45, 7) is 2.63. The molecule has 1 heterocycles. The molecule has 1 aliphatic heterocycles. The van der Waals surface area contributed by atoms with E-state index in [1.165, 1.54) is 0 Å². The Kier molecular flexibility index (Phi) is 8.50. The average Bonchev–Trinajstić information content (AvgIpc) is 2.71. The number of aliphatic hydroxyl groups excluding tert-OH is 6. The molecule has 0 aromatic rings. The van der Waals surface area contributed by atoms with Crippen LogP contribution in [0.5, 0.6) is 0 Å². The molecule has 6 N–H and O–H groups in total. The van der Waals surface area contributed by atoms with Crippen LogP contribution in [0, 0.1) is 11.3 Å². The minimum Gasteiger partial charge on any atom is -0.396 e. The molecule has 1 aliphatic carbocycles. The molecule has 2 aliphatic rings. The molecule has 1 saturated heterocycles. The molecule has 0 saturated carbocycles. The number of allylic oxidation sites excluding steroid dienone is 2. The Labute approximate surface area is 169 Å². The van der Waals surface area contributed by atoms with Crippen molar-refractivity contribution in [1.29, 1.82) is 0 Å². The molecule has 1 fully saturated rings. The smallest absolute Gasteiger partial charge is 0.186 e. The Morgan fingerprint density at radius 1 is 1.17 bits per heavy atom. The van der Waals surface area contributed by atoms with Gasteiger partial charge in [-0.15, -0.1) is 0 Å². The van der Waals surface area contributed by atoms with E-state index in [0.717, 1.165) is 0 Å². The lowest BCUT2D eigenvalue weighted by Crippen LogP contribution is -2.59. The van der Waals surface area contributed by atoms with Crippen molar-refractivity contribution >= 4 is 5.78 Å². The first kappa shape index (κ1) is 24.1. The highest BCUT2D eigenvalue weighted by molar-refractivity contribution is 5.97. The summed E-state index contributed by atoms with van der Waals surface area (Å²) in [4.78, 5) is 12.2. The number of aliphatic hydroxyl groups is 6. The van der Waals surface area contributed by atoms with Crippen molar-refractivity contribution in [3.63, 3.8) is 0 Å². The fourth-order valence-corrected chi connectivity index (χ4v) is 3.67. The van der Waals surface area contributed by atoms with Gasteiger partial charge in [0.15, 0.2) is 12.1 Å². The van der Waals surface area contributed by atoms with Gasteiger partial charge in [-0.25, -0.2) is 0 Å². The Morgan fingerprint density at radius 2 is 1.83 bits per heavy atom. The first-order chi connectivity index (χ1) is 13.7. The quantitative estimate of drug-likeness (QED) is 0.281. The highest BCUT2D eigenvalue weighted by Crippen LogP contribution is 2.41. The maximum absolute atomic E-state index is 12.2. The van der Waals surface area contributed by atoms with Gasteiger partial charge in [0.25, 0.3) is 0 Å². The Morgan fingerprint density at radius 3 is 2.41 bits per heavy atom. The van der Waals surface area contributed by atoms with Crippen molar-refractivity contribution in [2.75, 3.05) is 26.4 Å². The summed E-state index contributed by atoms with van der Waals surface area (Å²) >= 11 is 0. The molecule has 0 spiro atoms. The van der Waals surface area contributed by atoms with Gasteiger partial charge in [-0.05, 0) is 24.5 Å². The third kappa shape index (κ3) is 5.31. The van der Waals surface area contributed by atoms with E-state index < -0.39 is 48.6 Å².